The molecule has 39 heavy (non-hydrogen) atoms. The number of amidine groups is 1. The molecule has 210 valence electrons. The predicted octanol–water partition coefficient (Wildman–Crippen LogP) is 4.95. The minimum absolute atomic E-state index is 0.0137. The van der Waals surface area contributed by atoms with Crippen LogP contribution in [-0.2, 0) is 19.1 Å². The Bertz CT molecular complexity index is 1250. The lowest BCUT2D eigenvalue weighted by Crippen LogP contribution is -2.55. The molecule has 0 radical (unpaired) electrons. The topological polar surface area (TPSA) is 113 Å². The van der Waals surface area contributed by atoms with Gasteiger partial charge < -0.3 is 19.9 Å². The third kappa shape index (κ3) is 6.99. The Hall–Kier alpha value is -2.50. The highest BCUT2D eigenvalue weighted by Crippen LogP contribution is 2.38. The van der Waals surface area contributed by atoms with Gasteiger partial charge in [0.15, 0.2) is 10.8 Å². The van der Waals surface area contributed by atoms with Crippen LogP contribution in [-0.4, -0.2) is 71.2 Å². The van der Waals surface area contributed by atoms with Gasteiger partial charge >= 0.3 is 11.9 Å². The molecule has 1 aromatic carbocycles. The molecule has 12 heteroatoms. The molecule has 0 saturated carbocycles. The molecule has 0 amide bonds. The van der Waals surface area contributed by atoms with Gasteiger partial charge in [0.05, 0.1) is 24.9 Å². The number of morpholine rings is 1. The Labute approximate surface area is 241 Å². The van der Waals surface area contributed by atoms with Crippen LogP contribution < -0.4 is 5.32 Å². The van der Waals surface area contributed by atoms with Crippen molar-refractivity contribution in [1.82, 2.24) is 15.2 Å². The van der Waals surface area contributed by atoms with Gasteiger partial charge in [-0.1, -0.05) is 43.1 Å². The van der Waals surface area contributed by atoms with E-state index in [1.165, 1.54) is 11.3 Å². The normalized spacial score (nSPS) is 22.0. The molecule has 0 spiro atoms. The summed E-state index contributed by atoms with van der Waals surface area (Å²) in [5.41, 5.74) is 1.56. The molecule has 4 rings (SSSR count). The Morgan fingerprint density at radius 3 is 2.77 bits per heavy atom. The summed E-state index contributed by atoms with van der Waals surface area (Å²) in [6.45, 7) is 7.47. The molecule has 2 N–H and O–H groups in total. The summed E-state index contributed by atoms with van der Waals surface area (Å²) in [7, 11) is 0. The zero-order valence-electron chi connectivity index (χ0n) is 22.0. The van der Waals surface area contributed by atoms with Crippen LogP contribution in [0, 0.1) is 5.92 Å². The number of carbonyl (C=O) groups is 2. The van der Waals surface area contributed by atoms with Crippen molar-refractivity contribution in [1.29, 1.82) is 0 Å². The standard InChI is InChI=1S/C27H32Cl2N4O5S/c1-4-37-27(36)22-19(14-33-10-11-38-24(15(2)3)20(33)7-8-21(34)35)31-25(26-30-9-12-39-26)32-23(22)17-6-5-16(28)13-18(17)29/h5-6,9,12-13,15,20,23-24H,4,7-8,10-11,14H2,1-3H3,(H,31,32)(H,34,35)/t20-,23+,24-/m1/s1. The number of carboxylic acid groups (broad SMARTS) is 1. The number of thiazole rings is 1. The fourth-order valence-electron chi connectivity index (χ4n) is 5.01. The average molecular weight is 596 g/mol. The van der Waals surface area contributed by atoms with Crippen molar-refractivity contribution in [3.63, 3.8) is 0 Å². The zero-order valence-corrected chi connectivity index (χ0v) is 24.4. The number of ether oxygens (including phenoxy) is 2. The van der Waals surface area contributed by atoms with Gasteiger partial charge in [0.2, 0.25) is 0 Å². The molecule has 1 saturated heterocycles. The summed E-state index contributed by atoms with van der Waals surface area (Å²) in [6, 6.07) is 4.18. The van der Waals surface area contributed by atoms with Crippen LogP contribution in [0.1, 0.15) is 50.2 Å². The summed E-state index contributed by atoms with van der Waals surface area (Å²) < 4.78 is 11.6. The predicted molar refractivity (Wildman–Crippen MR) is 151 cm³/mol. The van der Waals surface area contributed by atoms with Crippen LogP contribution >= 0.6 is 34.5 Å². The van der Waals surface area contributed by atoms with Gasteiger partial charge in [-0.2, -0.15) is 0 Å². The maximum Gasteiger partial charge on any atom is 0.338 e. The van der Waals surface area contributed by atoms with Crippen LogP contribution in [0.25, 0.3) is 0 Å². The van der Waals surface area contributed by atoms with Gasteiger partial charge in [0.1, 0.15) is 6.04 Å². The third-order valence-corrected chi connectivity index (χ3v) is 8.06. The number of halogens is 2. The molecule has 9 nitrogen and oxygen atoms in total. The monoisotopic (exact) mass is 594 g/mol. The second-order valence-electron chi connectivity index (χ2n) is 9.67. The van der Waals surface area contributed by atoms with Crippen LogP contribution in [0.2, 0.25) is 10.0 Å². The Balaban J connectivity index is 1.81. The van der Waals surface area contributed by atoms with E-state index in [1.54, 1.807) is 31.3 Å². The number of benzene rings is 1. The van der Waals surface area contributed by atoms with Gasteiger partial charge in [-0.05, 0) is 31.4 Å². The quantitative estimate of drug-likeness (QED) is 0.371. The summed E-state index contributed by atoms with van der Waals surface area (Å²) in [5, 5.41) is 16.1. The fourth-order valence-corrected chi connectivity index (χ4v) is 6.11. The highest BCUT2D eigenvalue weighted by atomic mass is 35.5. The lowest BCUT2D eigenvalue weighted by atomic mass is 9.91. The van der Waals surface area contributed by atoms with Gasteiger partial charge in [-0.15, -0.1) is 11.3 Å². The number of esters is 1. The van der Waals surface area contributed by atoms with Gasteiger partial charge in [0, 0.05) is 58.4 Å². The first-order valence-corrected chi connectivity index (χ1v) is 14.5. The molecule has 0 aliphatic carbocycles. The largest absolute Gasteiger partial charge is 0.481 e. The zero-order chi connectivity index (χ0) is 28.1. The van der Waals surface area contributed by atoms with E-state index in [1.807, 2.05) is 5.38 Å². The average Bonchev–Trinajstić information content (AvgIpc) is 3.42. The molecular weight excluding hydrogens is 563 g/mol. The van der Waals surface area contributed by atoms with E-state index in [2.05, 4.69) is 29.0 Å². The van der Waals surface area contributed by atoms with Crippen LogP contribution in [0.4, 0.5) is 0 Å². The van der Waals surface area contributed by atoms with E-state index < -0.39 is 18.0 Å². The van der Waals surface area contributed by atoms with Crippen LogP contribution in [0.5, 0.6) is 0 Å². The number of aromatic nitrogens is 1. The SMILES string of the molecule is CCOC(=O)C1=C(CN2CCO[C@H](C(C)C)[C@H]2CCC(=O)O)NC(c2nccs2)=N[C@H]1c1ccc(Cl)cc1Cl. The lowest BCUT2D eigenvalue weighted by Gasteiger charge is -2.44. The second kappa shape index (κ2) is 13.2. The van der Waals surface area contributed by atoms with Crippen molar-refractivity contribution in [3.05, 3.63) is 61.7 Å². The number of carboxylic acids is 1. The molecule has 3 heterocycles. The Morgan fingerprint density at radius 1 is 1.33 bits per heavy atom. The van der Waals surface area contributed by atoms with Gasteiger partial charge in [-0.25, -0.2) is 9.78 Å². The molecule has 0 bridgehead atoms. The summed E-state index contributed by atoms with van der Waals surface area (Å²) in [4.78, 5) is 36.4. The molecule has 2 aliphatic rings. The van der Waals surface area contributed by atoms with Crippen LogP contribution in [0.15, 0.2) is 46.0 Å². The van der Waals surface area contributed by atoms with E-state index in [9.17, 15) is 14.7 Å². The van der Waals surface area contributed by atoms with E-state index in [-0.39, 0.29) is 31.1 Å². The number of aliphatic imine (C=N–C) groups is 1. The van der Waals surface area contributed by atoms with Crippen molar-refractivity contribution >= 4 is 52.3 Å². The van der Waals surface area contributed by atoms with E-state index in [0.717, 1.165) is 0 Å². The smallest absolute Gasteiger partial charge is 0.338 e. The summed E-state index contributed by atoms with van der Waals surface area (Å²) in [5.74, 6) is -0.674. The molecule has 3 atom stereocenters. The van der Waals surface area contributed by atoms with E-state index >= 15 is 0 Å². The van der Waals surface area contributed by atoms with Crippen molar-refractivity contribution in [2.45, 2.75) is 51.8 Å². The van der Waals surface area contributed by atoms with Gasteiger partial charge in [-0.3, -0.25) is 14.7 Å². The molecule has 2 aromatic rings. The number of hydrogen-bond donors (Lipinski definition) is 2. The van der Waals surface area contributed by atoms with Crippen LogP contribution in [0.3, 0.4) is 0 Å². The number of carbonyl (C=O) groups excluding carboxylic acids is 1. The number of hydrogen-bond acceptors (Lipinski definition) is 9. The van der Waals surface area contributed by atoms with Gasteiger partial charge in [0.25, 0.3) is 0 Å². The third-order valence-electron chi connectivity index (χ3n) is 6.72. The molecule has 0 unspecified atom stereocenters. The molecule has 1 fully saturated rings. The Kier molecular flexibility index (Phi) is 10.0. The van der Waals surface area contributed by atoms with E-state index in [0.29, 0.717) is 63.8 Å². The molecule has 1 aromatic heterocycles. The summed E-state index contributed by atoms with van der Waals surface area (Å²) >= 11 is 14.2. The summed E-state index contributed by atoms with van der Waals surface area (Å²) in [6.07, 6.45) is 1.97. The second-order valence-corrected chi connectivity index (χ2v) is 11.4. The molecule has 2 aliphatic heterocycles. The minimum atomic E-state index is -0.860. The maximum atomic E-state index is 13.5. The highest BCUT2D eigenvalue weighted by molar-refractivity contribution is 7.11. The highest BCUT2D eigenvalue weighted by Gasteiger charge is 2.38. The first-order valence-electron chi connectivity index (χ1n) is 12.9. The number of nitrogens with one attached hydrogen (secondary N) is 1. The van der Waals surface area contributed by atoms with E-state index in [4.69, 9.17) is 37.7 Å². The Morgan fingerprint density at radius 2 is 2.13 bits per heavy atom. The lowest BCUT2D eigenvalue weighted by molar-refractivity contribution is -0.139. The van der Waals surface area contributed by atoms with Crippen molar-refractivity contribution in [2.75, 3.05) is 26.3 Å². The maximum absolute atomic E-state index is 13.5. The first kappa shape index (κ1) is 29.5. The number of aliphatic carboxylic acids is 1. The number of rotatable bonds is 10. The molecular formula is C27H32Cl2N4O5S. The van der Waals surface area contributed by atoms with Crippen molar-refractivity contribution < 1.29 is 24.2 Å². The van der Waals surface area contributed by atoms with Crippen molar-refractivity contribution in [3.8, 4) is 0 Å². The number of nitrogens with zero attached hydrogens (tertiary/aromatic N) is 3. The minimum Gasteiger partial charge on any atom is -0.481 e. The fraction of sp³-hybridized carbons (Fsp3) is 0.481. The first-order chi connectivity index (χ1) is 18.7. The van der Waals surface area contributed by atoms with Crippen molar-refractivity contribution in [2.24, 2.45) is 10.9 Å².